The van der Waals surface area contributed by atoms with E-state index >= 15 is 0 Å². The minimum Gasteiger partial charge on any atom is -0.398 e. The molecule has 0 bridgehead atoms. The van der Waals surface area contributed by atoms with E-state index in [4.69, 9.17) is 5.73 Å². The lowest BCUT2D eigenvalue weighted by atomic mass is 10.0. The summed E-state index contributed by atoms with van der Waals surface area (Å²) in [5.41, 5.74) is 8.21. The van der Waals surface area contributed by atoms with Gasteiger partial charge in [-0.3, -0.25) is 0 Å². The summed E-state index contributed by atoms with van der Waals surface area (Å²) in [6.45, 7) is 4.42. The highest BCUT2D eigenvalue weighted by atomic mass is 32.2. The number of piperidine rings is 1. The van der Waals surface area contributed by atoms with Gasteiger partial charge in [-0.15, -0.1) is 11.8 Å². The van der Waals surface area contributed by atoms with Crippen molar-refractivity contribution in [1.82, 2.24) is 5.32 Å². The normalized spacial score (nSPS) is 17.6. The van der Waals surface area contributed by atoms with Crippen molar-refractivity contribution in [2.45, 2.75) is 24.7 Å². The minimum atomic E-state index is 0.853. The van der Waals surface area contributed by atoms with Gasteiger partial charge in [-0.2, -0.15) is 0 Å². The minimum absolute atomic E-state index is 0.853. The molecule has 1 aromatic rings. The zero-order valence-corrected chi connectivity index (χ0v) is 10.6. The molecule has 3 N–H and O–H groups in total. The van der Waals surface area contributed by atoms with E-state index in [0.717, 1.165) is 11.6 Å². The molecule has 1 heterocycles. The van der Waals surface area contributed by atoms with E-state index in [0.29, 0.717) is 0 Å². The van der Waals surface area contributed by atoms with Crippen molar-refractivity contribution in [3.8, 4) is 0 Å². The molecule has 1 fully saturated rings. The molecular formula is C13H20N2S. The lowest BCUT2D eigenvalue weighted by Crippen LogP contribution is -2.28. The van der Waals surface area contributed by atoms with Crippen molar-refractivity contribution >= 4 is 17.4 Å². The van der Waals surface area contributed by atoms with Gasteiger partial charge >= 0.3 is 0 Å². The number of aryl methyl sites for hydroxylation is 1. The van der Waals surface area contributed by atoms with Crippen LogP contribution >= 0.6 is 11.8 Å². The van der Waals surface area contributed by atoms with Crippen LogP contribution in [0.1, 0.15) is 18.4 Å². The number of benzene rings is 1. The van der Waals surface area contributed by atoms with E-state index in [1.807, 2.05) is 11.8 Å². The van der Waals surface area contributed by atoms with Gasteiger partial charge in [0.15, 0.2) is 0 Å². The standard InChI is InChI=1S/C13H20N2S/c1-10-3-2-4-12(13(10)14)16-9-11-5-7-15-8-6-11/h2-4,11,15H,5-9,14H2,1H3. The zero-order valence-electron chi connectivity index (χ0n) is 9.83. The van der Waals surface area contributed by atoms with Gasteiger partial charge in [0.2, 0.25) is 0 Å². The largest absolute Gasteiger partial charge is 0.398 e. The number of hydrogen-bond acceptors (Lipinski definition) is 3. The average molecular weight is 236 g/mol. The Kier molecular flexibility index (Phi) is 4.13. The van der Waals surface area contributed by atoms with Crippen molar-refractivity contribution in [1.29, 1.82) is 0 Å². The molecule has 0 aliphatic carbocycles. The fourth-order valence-corrected chi connectivity index (χ4v) is 3.28. The lowest BCUT2D eigenvalue weighted by molar-refractivity contribution is 0.408. The molecule has 2 nitrogen and oxygen atoms in total. The first-order valence-corrected chi connectivity index (χ1v) is 6.94. The molecule has 0 amide bonds. The molecule has 3 heteroatoms. The lowest BCUT2D eigenvalue weighted by Gasteiger charge is -2.22. The fraction of sp³-hybridized carbons (Fsp3) is 0.538. The number of nitrogens with two attached hydrogens (primary N) is 1. The van der Waals surface area contributed by atoms with Gasteiger partial charge < -0.3 is 11.1 Å². The summed E-state index contributed by atoms with van der Waals surface area (Å²) in [5.74, 6) is 2.06. The number of rotatable bonds is 3. The SMILES string of the molecule is Cc1cccc(SCC2CCNCC2)c1N. The molecule has 1 aromatic carbocycles. The Labute approximate surface area is 102 Å². The van der Waals surface area contributed by atoms with E-state index in [-0.39, 0.29) is 0 Å². The molecule has 0 radical (unpaired) electrons. The van der Waals surface area contributed by atoms with Crippen LogP contribution in [0.5, 0.6) is 0 Å². The van der Waals surface area contributed by atoms with Crippen molar-refractivity contribution in [3.63, 3.8) is 0 Å². The van der Waals surface area contributed by atoms with Crippen LogP contribution in [0, 0.1) is 12.8 Å². The van der Waals surface area contributed by atoms with Crippen LogP contribution in [0.3, 0.4) is 0 Å². The monoisotopic (exact) mass is 236 g/mol. The highest BCUT2D eigenvalue weighted by Gasteiger charge is 2.13. The predicted molar refractivity (Wildman–Crippen MR) is 71.9 cm³/mol. The number of hydrogen-bond donors (Lipinski definition) is 2. The van der Waals surface area contributed by atoms with Gasteiger partial charge in [0.25, 0.3) is 0 Å². The van der Waals surface area contributed by atoms with Crippen LogP contribution in [0.25, 0.3) is 0 Å². The molecule has 1 aliphatic heterocycles. The number of nitrogens with one attached hydrogen (secondary N) is 1. The Balaban J connectivity index is 1.91. The van der Waals surface area contributed by atoms with E-state index in [1.54, 1.807) is 0 Å². The first-order valence-electron chi connectivity index (χ1n) is 5.96. The van der Waals surface area contributed by atoms with Gasteiger partial charge in [-0.1, -0.05) is 12.1 Å². The van der Waals surface area contributed by atoms with Gasteiger partial charge in [-0.25, -0.2) is 0 Å². The van der Waals surface area contributed by atoms with E-state index in [9.17, 15) is 0 Å². The summed E-state index contributed by atoms with van der Waals surface area (Å²) in [5, 5.41) is 3.40. The highest BCUT2D eigenvalue weighted by molar-refractivity contribution is 7.99. The molecule has 16 heavy (non-hydrogen) atoms. The fourth-order valence-electron chi connectivity index (χ4n) is 2.04. The van der Waals surface area contributed by atoms with Gasteiger partial charge in [-0.05, 0) is 50.4 Å². The zero-order chi connectivity index (χ0) is 11.4. The molecule has 0 unspecified atom stereocenters. The average Bonchev–Trinajstić information content (AvgIpc) is 2.32. The van der Waals surface area contributed by atoms with Gasteiger partial charge in [0.05, 0.1) is 0 Å². The number of anilines is 1. The van der Waals surface area contributed by atoms with Crippen molar-refractivity contribution in [2.24, 2.45) is 5.92 Å². The summed E-state index contributed by atoms with van der Waals surface area (Å²) >= 11 is 1.91. The Bertz CT molecular complexity index is 346. The maximum atomic E-state index is 6.07. The predicted octanol–water partition coefficient (Wildman–Crippen LogP) is 2.67. The van der Waals surface area contributed by atoms with Crippen molar-refractivity contribution in [3.05, 3.63) is 23.8 Å². The molecule has 88 valence electrons. The molecule has 0 aromatic heterocycles. The van der Waals surface area contributed by atoms with Crippen molar-refractivity contribution < 1.29 is 0 Å². The number of thioether (sulfide) groups is 1. The third kappa shape index (κ3) is 2.92. The summed E-state index contributed by atoms with van der Waals surface area (Å²) in [4.78, 5) is 1.25. The molecule has 1 saturated heterocycles. The van der Waals surface area contributed by atoms with Crippen LogP contribution in [0.4, 0.5) is 5.69 Å². The molecule has 0 atom stereocenters. The summed E-state index contributed by atoms with van der Waals surface area (Å²) in [6, 6.07) is 6.30. The quantitative estimate of drug-likeness (QED) is 0.626. The summed E-state index contributed by atoms with van der Waals surface area (Å²) < 4.78 is 0. The molecule has 0 saturated carbocycles. The van der Waals surface area contributed by atoms with E-state index in [1.165, 1.54) is 42.1 Å². The molecule has 1 aliphatic rings. The summed E-state index contributed by atoms with van der Waals surface area (Å²) in [7, 11) is 0. The number of nitrogen functional groups attached to an aromatic ring is 1. The maximum absolute atomic E-state index is 6.07. The first kappa shape index (κ1) is 11.8. The summed E-state index contributed by atoms with van der Waals surface area (Å²) in [6.07, 6.45) is 2.61. The second kappa shape index (κ2) is 5.60. The Morgan fingerprint density at radius 2 is 2.12 bits per heavy atom. The third-order valence-electron chi connectivity index (χ3n) is 3.22. The Hall–Kier alpha value is -0.670. The van der Waals surface area contributed by atoms with Crippen LogP contribution in [-0.4, -0.2) is 18.8 Å². The van der Waals surface area contributed by atoms with Crippen LogP contribution < -0.4 is 11.1 Å². The third-order valence-corrected chi connectivity index (χ3v) is 4.52. The van der Waals surface area contributed by atoms with Gasteiger partial charge in [0.1, 0.15) is 0 Å². The van der Waals surface area contributed by atoms with Crippen LogP contribution in [0.15, 0.2) is 23.1 Å². The maximum Gasteiger partial charge on any atom is 0.0481 e. The molecule has 2 rings (SSSR count). The van der Waals surface area contributed by atoms with Crippen LogP contribution in [-0.2, 0) is 0 Å². The second-order valence-corrected chi connectivity index (χ2v) is 5.55. The smallest absolute Gasteiger partial charge is 0.0481 e. The number of para-hydroxylation sites is 1. The van der Waals surface area contributed by atoms with Crippen LogP contribution in [0.2, 0.25) is 0 Å². The Morgan fingerprint density at radius 3 is 2.88 bits per heavy atom. The highest BCUT2D eigenvalue weighted by Crippen LogP contribution is 2.30. The van der Waals surface area contributed by atoms with Crippen molar-refractivity contribution in [2.75, 3.05) is 24.6 Å². The molecular weight excluding hydrogens is 216 g/mol. The second-order valence-electron chi connectivity index (χ2n) is 4.49. The van der Waals surface area contributed by atoms with E-state index in [2.05, 4.69) is 30.4 Å². The van der Waals surface area contributed by atoms with E-state index < -0.39 is 0 Å². The molecule has 0 spiro atoms. The first-order chi connectivity index (χ1) is 7.77. The Morgan fingerprint density at radius 1 is 1.38 bits per heavy atom. The topological polar surface area (TPSA) is 38.0 Å². The van der Waals surface area contributed by atoms with Gasteiger partial charge in [0, 0.05) is 16.3 Å².